The molecule has 0 saturated heterocycles. The Kier molecular flexibility index (Phi) is 9.20. The summed E-state index contributed by atoms with van der Waals surface area (Å²) in [6.45, 7) is 0. The molecule has 12 rings (SSSR count). The maximum absolute atomic E-state index is 6.58. The molecular weight excluding hydrogens is 775 g/mol. The second kappa shape index (κ2) is 15.8. The summed E-state index contributed by atoms with van der Waals surface area (Å²) in [6.07, 6.45) is 0. The van der Waals surface area contributed by atoms with Gasteiger partial charge in [0.05, 0.1) is 5.69 Å². The number of benzene rings is 11. The van der Waals surface area contributed by atoms with Crippen molar-refractivity contribution in [1.29, 1.82) is 0 Å². The average molecular weight is 816 g/mol. The number of hydrogen-bond donors (Lipinski definition) is 0. The molecule has 0 aliphatic carbocycles. The van der Waals surface area contributed by atoms with Gasteiger partial charge in [-0.05, 0) is 109 Å². The number of fused-ring (bicyclic) bond motifs is 6. The third-order valence-electron chi connectivity index (χ3n) is 12.7. The number of nitrogens with zero attached hydrogens (tertiary/aromatic N) is 1. The Labute approximate surface area is 372 Å². The monoisotopic (exact) mass is 815 g/mol. The zero-order valence-electron chi connectivity index (χ0n) is 35.0. The van der Waals surface area contributed by atoms with E-state index in [1.807, 2.05) is 6.07 Å². The highest BCUT2D eigenvalue weighted by Crippen LogP contribution is 2.47. The van der Waals surface area contributed by atoms with Crippen LogP contribution in [0.1, 0.15) is 0 Å². The predicted molar refractivity (Wildman–Crippen MR) is 271 cm³/mol. The summed E-state index contributed by atoms with van der Waals surface area (Å²) < 4.78 is 6.58. The Morgan fingerprint density at radius 3 is 1.59 bits per heavy atom. The molecule has 64 heavy (non-hydrogen) atoms. The molecule has 1 heterocycles. The highest BCUT2D eigenvalue weighted by atomic mass is 16.3. The van der Waals surface area contributed by atoms with Gasteiger partial charge in [-0.25, -0.2) is 0 Å². The number of rotatable bonds is 8. The number of furan rings is 1. The number of para-hydroxylation sites is 3. The minimum Gasteiger partial charge on any atom is -0.455 e. The normalized spacial score (nSPS) is 11.4. The van der Waals surface area contributed by atoms with Crippen molar-refractivity contribution >= 4 is 60.5 Å². The van der Waals surface area contributed by atoms with Crippen LogP contribution in [0.25, 0.3) is 99.1 Å². The van der Waals surface area contributed by atoms with E-state index in [-0.39, 0.29) is 0 Å². The van der Waals surface area contributed by atoms with Gasteiger partial charge in [-0.3, -0.25) is 0 Å². The third-order valence-corrected chi connectivity index (χ3v) is 12.7. The minimum absolute atomic E-state index is 0.892. The highest BCUT2D eigenvalue weighted by Gasteiger charge is 2.22. The lowest BCUT2D eigenvalue weighted by Crippen LogP contribution is -2.11. The van der Waals surface area contributed by atoms with Crippen LogP contribution in [0.4, 0.5) is 17.1 Å². The fourth-order valence-corrected chi connectivity index (χ4v) is 9.73. The van der Waals surface area contributed by atoms with Crippen LogP contribution in [0.2, 0.25) is 0 Å². The quantitative estimate of drug-likeness (QED) is 0.142. The molecule has 0 spiro atoms. The van der Waals surface area contributed by atoms with Gasteiger partial charge in [0, 0.05) is 33.3 Å². The molecule has 0 saturated carbocycles. The number of hydrogen-bond acceptors (Lipinski definition) is 2. The van der Waals surface area contributed by atoms with Crippen molar-refractivity contribution in [2.45, 2.75) is 0 Å². The van der Waals surface area contributed by atoms with Crippen LogP contribution in [0.5, 0.6) is 0 Å². The first-order chi connectivity index (χ1) is 31.8. The van der Waals surface area contributed by atoms with Gasteiger partial charge in [-0.2, -0.15) is 0 Å². The maximum atomic E-state index is 6.58. The average Bonchev–Trinajstić information content (AvgIpc) is 3.76. The second-order valence-electron chi connectivity index (χ2n) is 16.4. The van der Waals surface area contributed by atoms with Crippen molar-refractivity contribution in [3.8, 4) is 55.6 Å². The van der Waals surface area contributed by atoms with Gasteiger partial charge in [0.25, 0.3) is 0 Å². The fraction of sp³-hybridized carbons (Fsp3) is 0. The van der Waals surface area contributed by atoms with E-state index in [4.69, 9.17) is 4.42 Å². The fourth-order valence-electron chi connectivity index (χ4n) is 9.73. The molecule has 0 radical (unpaired) electrons. The molecular formula is C62H41NO. The lowest BCUT2D eigenvalue weighted by molar-refractivity contribution is 0.670. The minimum atomic E-state index is 0.892. The zero-order chi connectivity index (χ0) is 42.4. The molecule has 0 bridgehead atoms. The van der Waals surface area contributed by atoms with Crippen molar-refractivity contribution in [1.82, 2.24) is 0 Å². The van der Waals surface area contributed by atoms with E-state index in [9.17, 15) is 0 Å². The van der Waals surface area contributed by atoms with Gasteiger partial charge in [0.2, 0.25) is 0 Å². The van der Waals surface area contributed by atoms with E-state index >= 15 is 0 Å². The summed E-state index contributed by atoms with van der Waals surface area (Å²) >= 11 is 0. The SMILES string of the molecule is c1ccc(-c2ccccc2-c2ccccc2-c2ccccc2N(c2ccc(-c3cc4ccccc4c4ccccc34)cc2)c2cccc(-c3cccc4c3oc3ccccc34)c2)cc1. The van der Waals surface area contributed by atoms with Gasteiger partial charge >= 0.3 is 0 Å². The zero-order valence-corrected chi connectivity index (χ0v) is 35.0. The molecule has 12 aromatic rings. The Hall–Kier alpha value is -8.46. The Morgan fingerprint density at radius 2 is 0.797 bits per heavy atom. The van der Waals surface area contributed by atoms with Crippen LogP contribution >= 0.6 is 0 Å². The first-order valence-corrected chi connectivity index (χ1v) is 21.9. The van der Waals surface area contributed by atoms with Gasteiger partial charge in [-0.1, -0.05) is 206 Å². The Balaban J connectivity index is 1.05. The lowest BCUT2D eigenvalue weighted by atomic mass is 9.88. The molecule has 0 N–H and O–H groups in total. The van der Waals surface area contributed by atoms with Crippen LogP contribution in [0.3, 0.4) is 0 Å². The Morgan fingerprint density at radius 1 is 0.266 bits per heavy atom. The lowest BCUT2D eigenvalue weighted by Gasteiger charge is -2.29. The van der Waals surface area contributed by atoms with Gasteiger partial charge in [0.1, 0.15) is 11.2 Å². The van der Waals surface area contributed by atoms with E-state index in [0.29, 0.717) is 0 Å². The van der Waals surface area contributed by atoms with Gasteiger partial charge in [-0.15, -0.1) is 0 Å². The topological polar surface area (TPSA) is 16.4 Å². The third kappa shape index (κ3) is 6.44. The molecule has 300 valence electrons. The predicted octanol–water partition coefficient (Wildman–Crippen LogP) is 17.7. The summed E-state index contributed by atoms with van der Waals surface area (Å²) in [5, 5.41) is 7.25. The van der Waals surface area contributed by atoms with E-state index in [1.165, 1.54) is 54.9 Å². The summed E-state index contributed by atoms with van der Waals surface area (Å²) in [7, 11) is 0. The van der Waals surface area contributed by atoms with Gasteiger partial charge < -0.3 is 9.32 Å². The summed E-state index contributed by atoms with van der Waals surface area (Å²) in [4.78, 5) is 2.42. The van der Waals surface area contributed by atoms with Crippen molar-refractivity contribution in [3.63, 3.8) is 0 Å². The van der Waals surface area contributed by atoms with Crippen LogP contribution < -0.4 is 4.90 Å². The van der Waals surface area contributed by atoms with Crippen molar-refractivity contribution in [3.05, 3.63) is 249 Å². The van der Waals surface area contributed by atoms with Crippen LogP contribution in [-0.2, 0) is 0 Å². The second-order valence-corrected chi connectivity index (χ2v) is 16.4. The smallest absolute Gasteiger partial charge is 0.143 e. The summed E-state index contributed by atoms with van der Waals surface area (Å²) in [5.74, 6) is 0. The van der Waals surface area contributed by atoms with Crippen LogP contribution in [-0.4, -0.2) is 0 Å². The summed E-state index contributed by atoms with van der Waals surface area (Å²) in [6, 6.07) is 89.7. The largest absolute Gasteiger partial charge is 0.455 e. The van der Waals surface area contributed by atoms with Gasteiger partial charge in [0.15, 0.2) is 0 Å². The molecule has 0 aliphatic rings. The highest BCUT2D eigenvalue weighted by molar-refractivity contribution is 6.14. The van der Waals surface area contributed by atoms with Crippen molar-refractivity contribution in [2.24, 2.45) is 0 Å². The molecule has 1 aromatic heterocycles. The van der Waals surface area contributed by atoms with Crippen LogP contribution in [0, 0.1) is 0 Å². The molecule has 2 heteroatoms. The van der Waals surface area contributed by atoms with Crippen molar-refractivity contribution < 1.29 is 4.42 Å². The standard InChI is InChI=1S/C62H41NO/c1-2-18-42(19-3-1)48-23-6-7-25-51(48)53-27-9-10-28-54(53)56-30-12-14-34-60(56)63(47-22-16-21-44(40-47)50-32-17-33-58-57-31-13-15-35-61(57)64-62(50)58)46-38-36-43(37-39-46)59-41-45-20-4-5-24-49(45)52-26-8-11-29-55(52)59/h1-41H. The van der Waals surface area contributed by atoms with E-state index in [2.05, 4.69) is 248 Å². The molecule has 0 fully saturated rings. The maximum Gasteiger partial charge on any atom is 0.143 e. The molecule has 0 unspecified atom stereocenters. The molecule has 0 atom stereocenters. The molecule has 11 aromatic carbocycles. The van der Waals surface area contributed by atoms with Crippen LogP contribution in [0.15, 0.2) is 253 Å². The molecule has 0 aliphatic heterocycles. The van der Waals surface area contributed by atoms with E-state index in [0.717, 1.165) is 61.3 Å². The first kappa shape index (κ1) is 37.3. The first-order valence-electron chi connectivity index (χ1n) is 21.9. The number of anilines is 3. The van der Waals surface area contributed by atoms with E-state index in [1.54, 1.807) is 0 Å². The van der Waals surface area contributed by atoms with Crippen molar-refractivity contribution in [2.75, 3.05) is 4.90 Å². The molecule has 0 amide bonds. The Bertz CT molecular complexity index is 3670. The summed E-state index contributed by atoms with van der Waals surface area (Å²) in [5.41, 5.74) is 16.6. The molecule has 2 nitrogen and oxygen atoms in total. The van der Waals surface area contributed by atoms with E-state index < -0.39 is 0 Å².